The fourth-order valence-corrected chi connectivity index (χ4v) is 3.31. The van der Waals surface area contributed by atoms with Gasteiger partial charge < -0.3 is 5.32 Å². The van der Waals surface area contributed by atoms with Crippen LogP contribution in [0.1, 0.15) is 43.5 Å². The van der Waals surface area contributed by atoms with Gasteiger partial charge in [0.1, 0.15) is 5.54 Å². The smallest absolute Gasteiger partial charge is 0.190 e. The van der Waals surface area contributed by atoms with Crippen LogP contribution in [0.3, 0.4) is 0 Å². The molecule has 1 aliphatic heterocycles. The first-order valence-corrected chi connectivity index (χ1v) is 5.99. The third-order valence-electron chi connectivity index (χ3n) is 4.42. The highest BCUT2D eigenvalue weighted by atomic mass is 16.1. The van der Waals surface area contributed by atoms with Crippen LogP contribution in [-0.2, 0) is 0 Å². The van der Waals surface area contributed by atoms with Gasteiger partial charge in [-0.3, -0.25) is 4.79 Å². The monoisotopic (exact) mass is 215 g/mol. The minimum Gasteiger partial charge on any atom is -0.371 e. The molecule has 0 bridgehead atoms. The lowest BCUT2D eigenvalue weighted by Crippen LogP contribution is -2.50. The van der Waals surface area contributed by atoms with E-state index in [4.69, 9.17) is 0 Å². The van der Waals surface area contributed by atoms with Gasteiger partial charge >= 0.3 is 0 Å². The molecule has 1 fully saturated rings. The van der Waals surface area contributed by atoms with E-state index in [1.165, 1.54) is 0 Å². The number of carbonyl (C=O) groups excluding carboxylic acids is 1. The average molecular weight is 215 g/mol. The van der Waals surface area contributed by atoms with Crippen molar-refractivity contribution in [3.05, 3.63) is 29.8 Å². The lowest BCUT2D eigenvalue weighted by atomic mass is 9.73. The van der Waals surface area contributed by atoms with Gasteiger partial charge in [-0.15, -0.1) is 0 Å². The Labute approximate surface area is 96.1 Å². The van der Waals surface area contributed by atoms with Gasteiger partial charge in [-0.1, -0.05) is 26.0 Å². The van der Waals surface area contributed by atoms with Gasteiger partial charge in [-0.05, 0) is 36.8 Å². The van der Waals surface area contributed by atoms with Crippen molar-refractivity contribution in [2.75, 3.05) is 5.32 Å². The summed E-state index contributed by atoms with van der Waals surface area (Å²) in [5, 5.41) is 3.50. The van der Waals surface area contributed by atoms with E-state index in [1.54, 1.807) is 0 Å². The minimum atomic E-state index is -0.337. The Morgan fingerprint density at radius 3 is 2.56 bits per heavy atom. The molecule has 1 heterocycles. The number of hydrogen-bond acceptors (Lipinski definition) is 2. The zero-order valence-electron chi connectivity index (χ0n) is 9.84. The maximum Gasteiger partial charge on any atom is 0.190 e. The number of fused-ring (bicyclic) bond motifs is 1. The van der Waals surface area contributed by atoms with Crippen LogP contribution in [-0.4, -0.2) is 11.3 Å². The van der Waals surface area contributed by atoms with Crippen molar-refractivity contribution in [3.8, 4) is 0 Å². The molecule has 1 saturated carbocycles. The molecule has 84 valence electrons. The van der Waals surface area contributed by atoms with Gasteiger partial charge in [0.2, 0.25) is 0 Å². The summed E-state index contributed by atoms with van der Waals surface area (Å²) in [7, 11) is 0. The number of benzene rings is 1. The maximum absolute atomic E-state index is 12.6. The zero-order valence-corrected chi connectivity index (χ0v) is 9.84. The number of nitrogens with one attached hydrogen (secondary N) is 1. The van der Waals surface area contributed by atoms with Crippen molar-refractivity contribution in [1.29, 1.82) is 0 Å². The van der Waals surface area contributed by atoms with E-state index in [0.29, 0.717) is 5.78 Å². The summed E-state index contributed by atoms with van der Waals surface area (Å²) >= 11 is 0. The lowest BCUT2D eigenvalue weighted by molar-refractivity contribution is 0.0830. The Balaban J connectivity index is 2.13. The standard InChI is InChI=1S/C14H17NO/c1-13(2)8-5-9-14(13)12(16)10-6-3-4-7-11(10)15-14/h3-4,6-7,15H,5,8-9H2,1-2H3. The number of carbonyl (C=O) groups is 1. The van der Waals surface area contributed by atoms with Crippen LogP contribution in [0.5, 0.6) is 0 Å². The number of hydrogen-bond donors (Lipinski definition) is 1. The molecule has 0 aromatic heterocycles. The fourth-order valence-electron chi connectivity index (χ4n) is 3.31. The van der Waals surface area contributed by atoms with E-state index in [2.05, 4.69) is 19.2 Å². The fraction of sp³-hybridized carbons (Fsp3) is 0.500. The quantitative estimate of drug-likeness (QED) is 0.719. The normalized spacial score (nSPS) is 30.5. The zero-order chi connectivity index (χ0) is 11.4. The summed E-state index contributed by atoms with van der Waals surface area (Å²) in [6, 6.07) is 7.88. The first-order chi connectivity index (χ1) is 7.57. The van der Waals surface area contributed by atoms with Gasteiger partial charge in [0.15, 0.2) is 5.78 Å². The number of anilines is 1. The first kappa shape index (κ1) is 9.88. The molecule has 1 aliphatic carbocycles. The Morgan fingerprint density at radius 2 is 1.94 bits per heavy atom. The Bertz CT molecular complexity index is 464. The Hall–Kier alpha value is -1.31. The van der Waals surface area contributed by atoms with Crippen LogP contribution in [0, 0.1) is 5.41 Å². The SMILES string of the molecule is CC1(C)CCCC12Nc1ccccc1C2=O. The highest BCUT2D eigenvalue weighted by Gasteiger charge is 2.57. The number of ketones is 1. The van der Waals surface area contributed by atoms with Crippen molar-refractivity contribution in [1.82, 2.24) is 0 Å². The number of Topliss-reactive ketones (excluding diaryl/α,β-unsaturated/α-hetero) is 1. The summed E-state index contributed by atoms with van der Waals surface area (Å²) in [5.41, 5.74) is 1.61. The Kier molecular flexibility index (Phi) is 1.78. The third-order valence-corrected chi connectivity index (χ3v) is 4.42. The topological polar surface area (TPSA) is 29.1 Å². The van der Waals surface area contributed by atoms with E-state index in [-0.39, 0.29) is 11.0 Å². The Morgan fingerprint density at radius 1 is 1.19 bits per heavy atom. The predicted octanol–water partition coefficient (Wildman–Crippen LogP) is 3.24. The van der Waals surface area contributed by atoms with Gasteiger partial charge in [0, 0.05) is 11.3 Å². The number of para-hydroxylation sites is 1. The van der Waals surface area contributed by atoms with Gasteiger partial charge in [0.05, 0.1) is 0 Å². The third kappa shape index (κ3) is 0.998. The van der Waals surface area contributed by atoms with E-state index >= 15 is 0 Å². The van der Waals surface area contributed by atoms with Crippen LogP contribution in [0.25, 0.3) is 0 Å². The van der Waals surface area contributed by atoms with Crippen LogP contribution >= 0.6 is 0 Å². The van der Waals surface area contributed by atoms with E-state index in [1.807, 2.05) is 24.3 Å². The van der Waals surface area contributed by atoms with Crippen LogP contribution in [0.2, 0.25) is 0 Å². The summed E-state index contributed by atoms with van der Waals surface area (Å²) in [4.78, 5) is 12.6. The van der Waals surface area contributed by atoms with Crippen LogP contribution < -0.4 is 5.32 Å². The van der Waals surface area contributed by atoms with Gasteiger partial charge in [0.25, 0.3) is 0 Å². The molecule has 1 N–H and O–H groups in total. The molecule has 16 heavy (non-hydrogen) atoms. The molecule has 0 amide bonds. The van der Waals surface area contributed by atoms with Gasteiger partial charge in [-0.25, -0.2) is 0 Å². The minimum absolute atomic E-state index is 0.0586. The summed E-state index contributed by atoms with van der Waals surface area (Å²) in [5.74, 6) is 0.297. The molecule has 1 atom stereocenters. The highest BCUT2D eigenvalue weighted by molar-refractivity contribution is 6.14. The van der Waals surface area contributed by atoms with Crippen molar-refractivity contribution in [2.45, 2.75) is 38.6 Å². The maximum atomic E-state index is 12.6. The molecule has 2 nitrogen and oxygen atoms in total. The second kappa shape index (κ2) is 2.88. The van der Waals surface area contributed by atoms with E-state index in [0.717, 1.165) is 30.5 Å². The molecule has 1 spiro atoms. The molecule has 1 unspecified atom stereocenters. The molecule has 3 rings (SSSR count). The van der Waals surface area contributed by atoms with Gasteiger partial charge in [-0.2, -0.15) is 0 Å². The summed E-state index contributed by atoms with van der Waals surface area (Å²) < 4.78 is 0. The number of rotatable bonds is 0. The van der Waals surface area contributed by atoms with E-state index < -0.39 is 0 Å². The second-order valence-electron chi connectivity index (χ2n) is 5.64. The van der Waals surface area contributed by atoms with E-state index in [9.17, 15) is 4.79 Å². The lowest BCUT2D eigenvalue weighted by Gasteiger charge is -2.37. The van der Waals surface area contributed by atoms with Crippen LogP contribution in [0.15, 0.2) is 24.3 Å². The first-order valence-electron chi connectivity index (χ1n) is 5.99. The summed E-state index contributed by atoms with van der Waals surface area (Å²) in [6.07, 6.45) is 3.23. The molecule has 0 saturated heterocycles. The largest absolute Gasteiger partial charge is 0.371 e. The molecule has 2 heteroatoms. The van der Waals surface area contributed by atoms with Crippen molar-refractivity contribution in [3.63, 3.8) is 0 Å². The summed E-state index contributed by atoms with van der Waals surface area (Å²) in [6.45, 7) is 4.41. The van der Waals surface area contributed by atoms with Crippen molar-refractivity contribution >= 4 is 11.5 Å². The average Bonchev–Trinajstić information content (AvgIpc) is 2.70. The molecule has 1 aromatic rings. The molecular formula is C14H17NO. The molecule has 1 aromatic carbocycles. The molecule has 0 radical (unpaired) electrons. The second-order valence-corrected chi connectivity index (χ2v) is 5.64. The van der Waals surface area contributed by atoms with Crippen LogP contribution in [0.4, 0.5) is 5.69 Å². The van der Waals surface area contributed by atoms with Crippen molar-refractivity contribution in [2.24, 2.45) is 5.41 Å². The highest BCUT2D eigenvalue weighted by Crippen LogP contribution is 2.52. The molecule has 2 aliphatic rings. The van der Waals surface area contributed by atoms with Crippen molar-refractivity contribution < 1.29 is 4.79 Å². The molecular weight excluding hydrogens is 198 g/mol. The predicted molar refractivity (Wildman–Crippen MR) is 64.8 cm³/mol.